The number of morpholine rings is 1. The minimum atomic E-state index is -0.607. The molecular formula is C12H14ClFN2O2. The van der Waals surface area contributed by atoms with Crippen molar-refractivity contribution >= 4 is 17.5 Å². The summed E-state index contributed by atoms with van der Waals surface area (Å²) >= 11 is 5.75. The molecule has 2 rings (SSSR count). The van der Waals surface area contributed by atoms with Crippen molar-refractivity contribution < 1.29 is 13.9 Å². The Hall–Kier alpha value is -1.20. The second-order valence-corrected chi connectivity index (χ2v) is 4.60. The minimum Gasteiger partial charge on any atom is -0.370 e. The molecule has 1 aliphatic heterocycles. The summed E-state index contributed by atoms with van der Waals surface area (Å²) in [4.78, 5) is 17.4. The maximum Gasteiger partial charge on any atom is 0.257 e. The highest BCUT2D eigenvalue weighted by Crippen LogP contribution is 2.16. The van der Waals surface area contributed by atoms with Gasteiger partial charge in [-0.05, 0) is 13.0 Å². The maximum absolute atomic E-state index is 13.5. The summed E-state index contributed by atoms with van der Waals surface area (Å²) in [6.45, 7) is 2.68. The van der Waals surface area contributed by atoms with Crippen LogP contribution in [0.1, 0.15) is 17.3 Å². The molecule has 6 heteroatoms. The number of aromatic nitrogens is 1. The number of carbonyl (C=O) groups is 1. The van der Waals surface area contributed by atoms with Gasteiger partial charge in [0.1, 0.15) is 0 Å². The van der Waals surface area contributed by atoms with Gasteiger partial charge in [-0.25, -0.2) is 4.39 Å². The number of pyridine rings is 1. The lowest BCUT2D eigenvalue weighted by molar-refractivity contribution is -0.0571. The van der Waals surface area contributed by atoms with Crippen molar-refractivity contribution in [2.24, 2.45) is 0 Å². The van der Waals surface area contributed by atoms with Gasteiger partial charge >= 0.3 is 0 Å². The molecule has 1 saturated heterocycles. The molecule has 0 N–H and O–H groups in total. The van der Waals surface area contributed by atoms with Crippen LogP contribution in [0, 0.1) is 5.82 Å². The zero-order chi connectivity index (χ0) is 13.1. The van der Waals surface area contributed by atoms with Crippen LogP contribution in [0.2, 0.25) is 0 Å². The number of alkyl halides is 1. The molecule has 0 aliphatic carbocycles. The normalized spacial score (nSPS) is 24.1. The first-order chi connectivity index (χ1) is 8.61. The molecule has 1 fully saturated rings. The quantitative estimate of drug-likeness (QED) is 0.770. The first-order valence-electron chi connectivity index (χ1n) is 5.72. The lowest BCUT2D eigenvalue weighted by Gasteiger charge is -2.36. The second-order valence-electron chi connectivity index (χ2n) is 4.29. The van der Waals surface area contributed by atoms with E-state index >= 15 is 0 Å². The molecule has 1 aromatic heterocycles. The zero-order valence-electron chi connectivity index (χ0n) is 9.97. The molecule has 0 spiro atoms. The van der Waals surface area contributed by atoms with Crippen LogP contribution in [-0.2, 0) is 4.74 Å². The van der Waals surface area contributed by atoms with Crippen molar-refractivity contribution in [3.8, 4) is 0 Å². The van der Waals surface area contributed by atoms with E-state index in [0.29, 0.717) is 19.0 Å². The summed E-state index contributed by atoms with van der Waals surface area (Å²) in [6.07, 6.45) is 2.13. The van der Waals surface area contributed by atoms with Gasteiger partial charge in [0.15, 0.2) is 5.82 Å². The van der Waals surface area contributed by atoms with E-state index in [0.717, 1.165) is 6.20 Å². The summed E-state index contributed by atoms with van der Waals surface area (Å²) < 4.78 is 19.1. The summed E-state index contributed by atoms with van der Waals surface area (Å²) in [7, 11) is 0. The molecule has 2 unspecified atom stereocenters. The molecule has 0 radical (unpaired) electrons. The molecular weight excluding hydrogens is 259 g/mol. The van der Waals surface area contributed by atoms with Crippen molar-refractivity contribution in [3.63, 3.8) is 0 Å². The number of rotatable bonds is 2. The first kappa shape index (κ1) is 13.2. The number of nitrogens with zero attached hydrogens (tertiary/aromatic N) is 2. The van der Waals surface area contributed by atoms with E-state index in [1.807, 2.05) is 6.92 Å². The molecule has 18 heavy (non-hydrogen) atoms. The number of carbonyl (C=O) groups excluding carboxylic acids is 1. The smallest absolute Gasteiger partial charge is 0.257 e. The van der Waals surface area contributed by atoms with E-state index < -0.39 is 5.82 Å². The van der Waals surface area contributed by atoms with Gasteiger partial charge in [-0.15, -0.1) is 11.6 Å². The SMILES string of the molecule is CC1CN(C(=O)c2ccncc2F)CC(CCl)O1. The fourth-order valence-corrected chi connectivity index (χ4v) is 2.19. The molecule has 1 aromatic rings. The van der Waals surface area contributed by atoms with Crippen molar-refractivity contribution in [3.05, 3.63) is 29.8 Å². The van der Waals surface area contributed by atoms with Crippen LogP contribution >= 0.6 is 11.6 Å². The molecule has 2 heterocycles. The van der Waals surface area contributed by atoms with Gasteiger partial charge < -0.3 is 9.64 Å². The summed E-state index contributed by atoms with van der Waals surface area (Å²) in [5.41, 5.74) is 0.0347. The average molecular weight is 273 g/mol. The van der Waals surface area contributed by atoms with Crippen LogP contribution in [0.15, 0.2) is 18.5 Å². The minimum absolute atomic E-state index is 0.0347. The summed E-state index contributed by atoms with van der Waals surface area (Å²) in [5, 5.41) is 0. The van der Waals surface area contributed by atoms with Crippen LogP contribution in [0.25, 0.3) is 0 Å². The number of ether oxygens (including phenoxy) is 1. The van der Waals surface area contributed by atoms with E-state index in [1.165, 1.54) is 12.3 Å². The van der Waals surface area contributed by atoms with Crippen LogP contribution in [0.5, 0.6) is 0 Å². The molecule has 98 valence electrons. The molecule has 0 aromatic carbocycles. The fourth-order valence-electron chi connectivity index (χ4n) is 2.02. The third-order valence-corrected chi connectivity index (χ3v) is 3.13. The average Bonchev–Trinajstić information content (AvgIpc) is 2.37. The Morgan fingerprint density at radius 3 is 3.11 bits per heavy atom. The highest BCUT2D eigenvalue weighted by Gasteiger charge is 2.29. The number of amides is 1. The molecule has 1 aliphatic rings. The third kappa shape index (κ3) is 2.79. The Balaban J connectivity index is 2.16. The first-order valence-corrected chi connectivity index (χ1v) is 6.25. The van der Waals surface area contributed by atoms with Gasteiger partial charge in [-0.3, -0.25) is 9.78 Å². The molecule has 2 atom stereocenters. The van der Waals surface area contributed by atoms with Gasteiger partial charge in [0.2, 0.25) is 0 Å². The standard InChI is InChI=1S/C12H14ClFN2O2/c1-8-6-16(7-9(4-13)18-8)12(17)10-2-3-15-5-11(10)14/h2-3,5,8-9H,4,6-7H2,1H3. The summed E-state index contributed by atoms with van der Waals surface area (Å²) in [6, 6.07) is 1.38. The largest absolute Gasteiger partial charge is 0.370 e. The second kappa shape index (κ2) is 5.63. The Kier molecular flexibility index (Phi) is 4.14. The highest BCUT2D eigenvalue weighted by molar-refractivity contribution is 6.18. The predicted octanol–water partition coefficient (Wildman–Crippen LogP) is 1.69. The number of halogens is 2. The maximum atomic E-state index is 13.5. The van der Waals surface area contributed by atoms with Gasteiger partial charge in [0.05, 0.1) is 29.8 Å². The number of hydrogen-bond donors (Lipinski definition) is 0. The number of hydrogen-bond acceptors (Lipinski definition) is 3. The van der Waals surface area contributed by atoms with E-state index in [-0.39, 0.29) is 23.7 Å². The monoisotopic (exact) mass is 272 g/mol. The van der Waals surface area contributed by atoms with Crippen LogP contribution in [-0.4, -0.2) is 47.0 Å². The van der Waals surface area contributed by atoms with Crippen molar-refractivity contribution in [2.75, 3.05) is 19.0 Å². The van der Waals surface area contributed by atoms with Crippen molar-refractivity contribution in [1.29, 1.82) is 0 Å². The van der Waals surface area contributed by atoms with Crippen LogP contribution < -0.4 is 0 Å². The zero-order valence-corrected chi connectivity index (χ0v) is 10.7. The molecule has 0 bridgehead atoms. The fraction of sp³-hybridized carbons (Fsp3) is 0.500. The Morgan fingerprint density at radius 1 is 1.67 bits per heavy atom. The van der Waals surface area contributed by atoms with Gasteiger partial charge in [0, 0.05) is 19.3 Å². The highest BCUT2D eigenvalue weighted by atomic mass is 35.5. The molecule has 0 saturated carbocycles. The van der Waals surface area contributed by atoms with Crippen molar-refractivity contribution in [1.82, 2.24) is 9.88 Å². The van der Waals surface area contributed by atoms with Gasteiger partial charge in [-0.1, -0.05) is 0 Å². The van der Waals surface area contributed by atoms with E-state index in [1.54, 1.807) is 4.90 Å². The topological polar surface area (TPSA) is 42.4 Å². The summed E-state index contributed by atoms with van der Waals surface area (Å²) in [5.74, 6) is -0.642. The van der Waals surface area contributed by atoms with Gasteiger partial charge in [0.25, 0.3) is 5.91 Å². The molecule has 4 nitrogen and oxygen atoms in total. The van der Waals surface area contributed by atoms with Crippen LogP contribution in [0.4, 0.5) is 4.39 Å². The van der Waals surface area contributed by atoms with E-state index in [4.69, 9.17) is 16.3 Å². The van der Waals surface area contributed by atoms with E-state index in [9.17, 15) is 9.18 Å². The Morgan fingerprint density at radius 2 is 2.44 bits per heavy atom. The predicted molar refractivity (Wildman–Crippen MR) is 65.2 cm³/mol. The van der Waals surface area contributed by atoms with E-state index in [2.05, 4.69) is 4.98 Å². The Labute approximate surface area is 110 Å². The lowest BCUT2D eigenvalue weighted by Crippen LogP contribution is -2.50. The van der Waals surface area contributed by atoms with Crippen LogP contribution in [0.3, 0.4) is 0 Å². The Bertz CT molecular complexity index is 444. The van der Waals surface area contributed by atoms with Gasteiger partial charge in [-0.2, -0.15) is 0 Å². The van der Waals surface area contributed by atoms with Crippen molar-refractivity contribution in [2.45, 2.75) is 19.1 Å². The third-order valence-electron chi connectivity index (χ3n) is 2.79. The molecule has 1 amide bonds. The lowest BCUT2D eigenvalue weighted by atomic mass is 10.1.